The number of carbonyl (C=O) groups excluding carboxylic acids is 1. The quantitative estimate of drug-likeness (QED) is 0.571. The molecule has 1 heterocycles. The second kappa shape index (κ2) is 9.44. The molecule has 0 aliphatic heterocycles. The summed E-state index contributed by atoms with van der Waals surface area (Å²) < 4.78 is 28.5. The molecule has 1 aliphatic carbocycles. The minimum Gasteiger partial charge on any atom is -0.348 e. The van der Waals surface area contributed by atoms with Gasteiger partial charge in [0.1, 0.15) is 0 Å². The molecule has 1 aliphatic rings. The molecule has 168 valence electrons. The van der Waals surface area contributed by atoms with Crippen LogP contribution in [0.1, 0.15) is 35.7 Å². The Morgan fingerprint density at radius 1 is 1.19 bits per heavy atom. The Morgan fingerprint density at radius 2 is 1.91 bits per heavy atom. The van der Waals surface area contributed by atoms with E-state index in [1.807, 2.05) is 29.1 Å². The van der Waals surface area contributed by atoms with E-state index in [0.29, 0.717) is 11.6 Å². The van der Waals surface area contributed by atoms with Crippen LogP contribution in [0.25, 0.3) is 0 Å². The molecule has 1 unspecified atom stereocenters. The normalized spacial score (nSPS) is 16.0. The number of carbonyl (C=O) groups is 1. The number of nitrogens with one attached hydrogen (secondary N) is 1. The number of halogens is 1. The number of hydrogen-bond donors (Lipinski definition) is 1. The summed E-state index contributed by atoms with van der Waals surface area (Å²) in [6, 6.07) is 15.8. The van der Waals surface area contributed by atoms with Crippen molar-refractivity contribution >= 4 is 27.5 Å². The Morgan fingerprint density at radius 3 is 2.62 bits per heavy atom. The largest absolute Gasteiger partial charge is 0.348 e. The number of nitrogens with zero attached hydrogens (tertiary/aromatic N) is 3. The highest BCUT2D eigenvalue weighted by molar-refractivity contribution is 7.89. The van der Waals surface area contributed by atoms with Gasteiger partial charge in [-0.15, -0.1) is 0 Å². The smallest absolute Gasteiger partial charge is 0.243 e. The molecule has 0 bridgehead atoms. The highest BCUT2D eigenvalue weighted by Crippen LogP contribution is 2.30. The third-order valence-electron chi connectivity index (χ3n) is 5.66. The summed E-state index contributed by atoms with van der Waals surface area (Å²) >= 11 is 5.84. The van der Waals surface area contributed by atoms with Crippen LogP contribution >= 0.6 is 11.6 Å². The molecule has 32 heavy (non-hydrogen) atoms. The van der Waals surface area contributed by atoms with Crippen LogP contribution in [0.2, 0.25) is 5.02 Å². The molecule has 9 heteroatoms. The van der Waals surface area contributed by atoms with Crippen LogP contribution < -0.4 is 5.32 Å². The number of likely N-dealkylation sites (N-methyl/N-ethyl adjacent to an activating group) is 1. The van der Waals surface area contributed by atoms with Crippen LogP contribution in [-0.4, -0.2) is 42.0 Å². The van der Waals surface area contributed by atoms with Crippen molar-refractivity contribution < 1.29 is 13.2 Å². The average molecular weight is 473 g/mol. The van der Waals surface area contributed by atoms with E-state index >= 15 is 0 Å². The Hall–Kier alpha value is -2.68. The van der Waals surface area contributed by atoms with Crippen molar-refractivity contribution in [2.45, 2.75) is 36.7 Å². The van der Waals surface area contributed by atoms with Gasteiger partial charge in [-0.2, -0.15) is 9.40 Å². The van der Waals surface area contributed by atoms with Crippen LogP contribution in [0.15, 0.2) is 65.7 Å². The predicted octanol–water partition coefficient (Wildman–Crippen LogP) is 3.40. The van der Waals surface area contributed by atoms with E-state index in [9.17, 15) is 13.2 Å². The van der Waals surface area contributed by atoms with Gasteiger partial charge in [0, 0.05) is 23.3 Å². The van der Waals surface area contributed by atoms with E-state index in [-0.39, 0.29) is 23.4 Å². The lowest BCUT2D eigenvalue weighted by atomic mass is 9.93. The Kier molecular flexibility index (Phi) is 6.64. The highest BCUT2D eigenvalue weighted by Gasteiger charge is 2.28. The summed E-state index contributed by atoms with van der Waals surface area (Å²) in [6.45, 7) is 0.411. The molecular formula is C23H25ClN4O3S. The zero-order valence-electron chi connectivity index (χ0n) is 17.7. The molecule has 3 aromatic rings. The summed E-state index contributed by atoms with van der Waals surface area (Å²) in [7, 11) is -2.39. The fourth-order valence-electron chi connectivity index (χ4n) is 3.97. The molecule has 1 atom stereocenters. The van der Waals surface area contributed by atoms with Crippen molar-refractivity contribution in [3.8, 4) is 0 Å². The maximum absolute atomic E-state index is 12.7. The maximum Gasteiger partial charge on any atom is 0.243 e. The molecule has 0 saturated carbocycles. The van der Waals surface area contributed by atoms with Gasteiger partial charge in [0.25, 0.3) is 0 Å². The van der Waals surface area contributed by atoms with E-state index in [0.717, 1.165) is 34.8 Å². The van der Waals surface area contributed by atoms with Gasteiger partial charge in [-0.25, -0.2) is 8.42 Å². The Bertz CT molecular complexity index is 1190. The second-order valence-electron chi connectivity index (χ2n) is 7.92. The number of benzene rings is 2. The summed E-state index contributed by atoms with van der Waals surface area (Å²) in [5.41, 5.74) is 3.29. The summed E-state index contributed by atoms with van der Waals surface area (Å²) in [4.78, 5) is 12.8. The molecule has 7 nitrogen and oxygen atoms in total. The highest BCUT2D eigenvalue weighted by atomic mass is 35.5. The molecule has 2 aromatic carbocycles. The molecule has 1 N–H and O–H groups in total. The summed E-state index contributed by atoms with van der Waals surface area (Å²) in [5.74, 6) is -0.348. The predicted molar refractivity (Wildman–Crippen MR) is 123 cm³/mol. The van der Waals surface area contributed by atoms with Crippen LogP contribution in [0.4, 0.5) is 0 Å². The molecule has 4 rings (SSSR count). The van der Waals surface area contributed by atoms with Gasteiger partial charge in [-0.3, -0.25) is 9.48 Å². The van der Waals surface area contributed by atoms with E-state index in [1.165, 1.54) is 36.9 Å². The van der Waals surface area contributed by atoms with E-state index in [4.69, 9.17) is 11.6 Å². The van der Waals surface area contributed by atoms with Crippen molar-refractivity contribution in [2.75, 3.05) is 13.6 Å². The summed E-state index contributed by atoms with van der Waals surface area (Å²) in [5, 5.41) is 7.99. The van der Waals surface area contributed by atoms with Crippen molar-refractivity contribution in [1.29, 1.82) is 0 Å². The topological polar surface area (TPSA) is 84.3 Å². The molecule has 0 fully saturated rings. The first-order chi connectivity index (χ1) is 15.3. The third kappa shape index (κ3) is 4.87. The van der Waals surface area contributed by atoms with Crippen molar-refractivity contribution in [3.05, 3.63) is 82.6 Å². The van der Waals surface area contributed by atoms with Gasteiger partial charge >= 0.3 is 0 Å². The molecule has 0 spiro atoms. The van der Waals surface area contributed by atoms with Crippen LogP contribution in [0, 0.1) is 0 Å². The molecule has 1 aromatic heterocycles. The average Bonchev–Trinajstić information content (AvgIpc) is 3.18. The van der Waals surface area contributed by atoms with Gasteiger partial charge in [0.15, 0.2) is 0 Å². The van der Waals surface area contributed by atoms with Crippen LogP contribution in [-0.2, 0) is 27.8 Å². The van der Waals surface area contributed by atoms with Crippen molar-refractivity contribution in [3.63, 3.8) is 0 Å². The molecule has 0 radical (unpaired) electrons. The molecule has 1 amide bonds. The first-order valence-electron chi connectivity index (χ1n) is 10.4. The summed E-state index contributed by atoms with van der Waals surface area (Å²) in [6.07, 6.45) is 4.44. The van der Waals surface area contributed by atoms with Crippen LogP contribution in [0.5, 0.6) is 0 Å². The van der Waals surface area contributed by atoms with Gasteiger partial charge in [0.05, 0.1) is 30.2 Å². The number of sulfonamides is 1. The lowest BCUT2D eigenvalue weighted by molar-refractivity contribution is -0.122. The van der Waals surface area contributed by atoms with Gasteiger partial charge in [-0.05, 0) is 49.1 Å². The second-order valence-corrected chi connectivity index (χ2v) is 10.4. The number of amides is 1. The number of fused-ring (bicyclic) bond motifs is 1. The van der Waals surface area contributed by atoms with Crippen LogP contribution in [0.3, 0.4) is 0 Å². The monoisotopic (exact) mass is 472 g/mol. The van der Waals surface area contributed by atoms with Gasteiger partial charge < -0.3 is 5.32 Å². The van der Waals surface area contributed by atoms with Crippen molar-refractivity contribution in [1.82, 2.24) is 19.4 Å². The van der Waals surface area contributed by atoms with E-state index in [2.05, 4.69) is 22.5 Å². The SMILES string of the molecule is CN(CC(=O)NC1CCCc2c1cnn2Cc1ccccc1)S(=O)(=O)c1ccc(Cl)cc1. The first kappa shape index (κ1) is 22.5. The lowest BCUT2D eigenvalue weighted by Crippen LogP contribution is -2.40. The molecule has 0 saturated heterocycles. The van der Waals surface area contributed by atoms with E-state index in [1.54, 1.807) is 0 Å². The maximum atomic E-state index is 12.7. The fourth-order valence-corrected chi connectivity index (χ4v) is 5.23. The zero-order valence-corrected chi connectivity index (χ0v) is 19.3. The first-order valence-corrected chi connectivity index (χ1v) is 12.3. The molecular weight excluding hydrogens is 448 g/mol. The number of hydrogen-bond acceptors (Lipinski definition) is 4. The van der Waals surface area contributed by atoms with E-state index < -0.39 is 10.0 Å². The fraction of sp³-hybridized carbons (Fsp3) is 0.304. The Balaban J connectivity index is 1.43. The standard InChI is InChI=1S/C23H25ClN4O3S/c1-27(32(30,31)19-12-10-18(24)11-13-19)16-23(29)26-21-8-5-9-22-20(21)14-25-28(22)15-17-6-3-2-4-7-17/h2-4,6-7,10-14,21H,5,8-9,15-16H2,1H3,(H,26,29). The van der Waals surface area contributed by atoms with Gasteiger partial charge in [0.2, 0.25) is 15.9 Å². The Labute approximate surface area is 193 Å². The third-order valence-corrected chi connectivity index (χ3v) is 7.73. The minimum atomic E-state index is -3.79. The number of aromatic nitrogens is 2. The number of rotatable bonds is 7. The van der Waals surface area contributed by atoms with Gasteiger partial charge in [-0.1, -0.05) is 41.9 Å². The lowest BCUT2D eigenvalue weighted by Gasteiger charge is -2.25. The van der Waals surface area contributed by atoms with Crippen molar-refractivity contribution in [2.24, 2.45) is 0 Å². The zero-order chi connectivity index (χ0) is 22.7. The minimum absolute atomic E-state index is 0.0966.